The number of carbonyl (C=O) groups is 1. The van der Waals surface area contributed by atoms with Crippen LogP contribution in [0.15, 0.2) is 35.7 Å². The van der Waals surface area contributed by atoms with Crippen LogP contribution in [-0.2, 0) is 21.3 Å². The van der Waals surface area contributed by atoms with Gasteiger partial charge in [0.2, 0.25) is 5.91 Å². The molecule has 1 heterocycles. The molecule has 23 heavy (non-hydrogen) atoms. The quantitative estimate of drug-likeness (QED) is 0.872. The monoisotopic (exact) mass is 348 g/mol. The number of carbonyl (C=O) groups excluding carboxylic acids is 1. The average molecular weight is 348 g/mol. The fraction of sp³-hybridized carbons (Fsp3) is 0.412. The van der Waals surface area contributed by atoms with Crippen molar-refractivity contribution < 1.29 is 9.00 Å². The molecule has 1 aliphatic carbocycles. The fourth-order valence-electron chi connectivity index (χ4n) is 2.79. The first-order valence-corrected chi connectivity index (χ1v) is 10.2. The highest BCUT2D eigenvalue weighted by molar-refractivity contribution is 7.84. The normalized spacial score (nSPS) is 16.3. The van der Waals surface area contributed by atoms with Crippen LogP contribution in [0.5, 0.6) is 0 Å². The predicted molar refractivity (Wildman–Crippen MR) is 94.7 cm³/mol. The van der Waals surface area contributed by atoms with Crippen LogP contribution in [0.2, 0.25) is 0 Å². The molecule has 0 unspecified atom stereocenters. The minimum atomic E-state index is -1.21. The summed E-state index contributed by atoms with van der Waals surface area (Å²) >= 11 is 1.54. The van der Waals surface area contributed by atoms with Crippen LogP contribution < -0.4 is 5.32 Å². The van der Waals surface area contributed by atoms with E-state index < -0.39 is 10.8 Å². The third-order valence-corrected chi connectivity index (χ3v) is 6.04. The van der Waals surface area contributed by atoms with Gasteiger partial charge in [-0.05, 0) is 12.8 Å². The zero-order valence-corrected chi connectivity index (χ0v) is 14.5. The van der Waals surface area contributed by atoms with Crippen molar-refractivity contribution in [1.82, 2.24) is 10.3 Å². The Morgan fingerprint density at radius 2 is 2.00 bits per heavy atom. The van der Waals surface area contributed by atoms with E-state index in [0.29, 0.717) is 5.75 Å². The molecule has 1 saturated carbocycles. The summed E-state index contributed by atoms with van der Waals surface area (Å²) in [7, 11) is -1.21. The van der Waals surface area contributed by atoms with Crippen LogP contribution in [0.25, 0.3) is 10.6 Å². The molecule has 4 nitrogen and oxygen atoms in total. The molecule has 1 amide bonds. The third kappa shape index (κ3) is 4.72. The Bertz CT molecular complexity index is 679. The number of aromatic nitrogens is 1. The first-order valence-electron chi connectivity index (χ1n) is 7.85. The van der Waals surface area contributed by atoms with Gasteiger partial charge in [-0.1, -0.05) is 43.2 Å². The van der Waals surface area contributed by atoms with Gasteiger partial charge in [0.25, 0.3) is 0 Å². The summed E-state index contributed by atoms with van der Waals surface area (Å²) in [5.41, 5.74) is 1.86. The maximum Gasteiger partial charge on any atom is 0.232 e. The van der Waals surface area contributed by atoms with Gasteiger partial charge in [0.05, 0.1) is 11.4 Å². The highest BCUT2D eigenvalue weighted by Gasteiger charge is 2.18. The van der Waals surface area contributed by atoms with Gasteiger partial charge in [0.1, 0.15) is 10.8 Å². The smallest absolute Gasteiger partial charge is 0.232 e. The Balaban J connectivity index is 1.52. The van der Waals surface area contributed by atoms with Crippen LogP contribution in [0.4, 0.5) is 0 Å². The van der Waals surface area contributed by atoms with Crippen molar-refractivity contribution in [3.63, 3.8) is 0 Å². The van der Waals surface area contributed by atoms with Crippen LogP contribution in [-0.4, -0.2) is 26.9 Å². The molecule has 1 aliphatic rings. The van der Waals surface area contributed by atoms with Gasteiger partial charge in [-0.3, -0.25) is 9.00 Å². The topological polar surface area (TPSA) is 59.1 Å². The summed E-state index contributed by atoms with van der Waals surface area (Å²) < 4.78 is 12.2. The average Bonchev–Trinajstić information content (AvgIpc) is 3.20. The van der Waals surface area contributed by atoms with Gasteiger partial charge >= 0.3 is 0 Å². The molecular weight excluding hydrogens is 328 g/mol. The third-order valence-electron chi connectivity index (χ3n) is 3.89. The number of thiazole rings is 1. The zero-order chi connectivity index (χ0) is 16.1. The van der Waals surface area contributed by atoms with E-state index in [-0.39, 0.29) is 17.7 Å². The molecule has 1 aromatic carbocycles. The number of amides is 1. The Morgan fingerprint density at radius 3 is 2.74 bits per heavy atom. The maximum absolute atomic E-state index is 12.2. The first-order chi connectivity index (χ1) is 11.2. The molecule has 3 rings (SSSR count). The number of rotatable bonds is 6. The Kier molecular flexibility index (Phi) is 5.56. The number of hydrogen-bond donors (Lipinski definition) is 1. The van der Waals surface area contributed by atoms with Crippen molar-refractivity contribution >= 4 is 28.0 Å². The molecule has 122 valence electrons. The second-order valence-corrected chi connectivity index (χ2v) is 8.10. The molecule has 2 aromatic rings. The fourth-order valence-corrected chi connectivity index (χ4v) is 4.68. The first kappa shape index (κ1) is 16.3. The van der Waals surface area contributed by atoms with Crippen LogP contribution in [0.3, 0.4) is 0 Å². The lowest BCUT2D eigenvalue weighted by atomic mass is 10.2. The highest BCUT2D eigenvalue weighted by atomic mass is 32.2. The van der Waals surface area contributed by atoms with E-state index in [4.69, 9.17) is 0 Å². The van der Waals surface area contributed by atoms with Crippen molar-refractivity contribution in [2.75, 3.05) is 5.75 Å². The van der Waals surface area contributed by atoms with Gasteiger partial charge in [0, 0.05) is 27.8 Å². The van der Waals surface area contributed by atoms with Crippen molar-refractivity contribution in [3.05, 3.63) is 41.4 Å². The molecular formula is C17H20N2O2S2. The van der Waals surface area contributed by atoms with Crippen molar-refractivity contribution in [2.24, 2.45) is 0 Å². The maximum atomic E-state index is 12.2. The minimum Gasteiger partial charge on any atom is -0.353 e. The zero-order valence-electron chi connectivity index (χ0n) is 12.9. The second kappa shape index (κ2) is 7.84. The highest BCUT2D eigenvalue weighted by Crippen LogP contribution is 2.23. The van der Waals surface area contributed by atoms with Gasteiger partial charge in [-0.2, -0.15) is 0 Å². The molecule has 0 saturated heterocycles. The Morgan fingerprint density at radius 1 is 1.26 bits per heavy atom. The molecule has 0 aliphatic heterocycles. The van der Waals surface area contributed by atoms with E-state index in [0.717, 1.165) is 29.1 Å². The largest absolute Gasteiger partial charge is 0.353 e. The number of nitrogens with zero attached hydrogens (tertiary/aromatic N) is 1. The molecule has 1 fully saturated rings. The van der Waals surface area contributed by atoms with Gasteiger partial charge < -0.3 is 5.32 Å². The summed E-state index contributed by atoms with van der Waals surface area (Å²) in [6, 6.07) is 10.2. The number of nitrogens with one attached hydrogen (secondary N) is 1. The van der Waals surface area contributed by atoms with Crippen molar-refractivity contribution in [3.8, 4) is 10.6 Å². The van der Waals surface area contributed by atoms with Crippen molar-refractivity contribution in [1.29, 1.82) is 0 Å². The van der Waals surface area contributed by atoms with Gasteiger partial charge in [0.15, 0.2) is 0 Å². The summed E-state index contributed by atoms with van der Waals surface area (Å²) in [6.07, 6.45) is 4.44. The molecule has 0 spiro atoms. The van der Waals surface area contributed by atoms with Gasteiger partial charge in [-0.15, -0.1) is 11.3 Å². The Hall–Kier alpha value is -1.53. The Labute approximate surface area is 142 Å². The molecule has 0 bridgehead atoms. The molecule has 1 N–H and O–H groups in total. The molecule has 6 heteroatoms. The predicted octanol–water partition coefficient (Wildman–Crippen LogP) is 3.12. The second-order valence-electron chi connectivity index (χ2n) is 5.79. The van der Waals surface area contributed by atoms with E-state index >= 15 is 0 Å². The summed E-state index contributed by atoms with van der Waals surface area (Å²) in [6.45, 7) is 0. The SMILES string of the molecule is O=C(C[S@](=O)Cc1csc(-c2ccccc2)n1)NC1CCCC1. The van der Waals surface area contributed by atoms with E-state index in [1.54, 1.807) is 11.3 Å². The van der Waals surface area contributed by atoms with Crippen LogP contribution in [0, 0.1) is 0 Å². The standard InChI is InChI=1S/C17H20N2O2S2/c20-16(18-14-8-4-5-9-14)12-23(21)11-15-10-22-17(19-15)13-6-2-1-3-7-13/h1-3,6-7,10,14H,4-5,8-9,11-12H2,(H,18,20)/t23-/m1/s1. The molecule has 1 atom stereocenters. The number of benzene rings is 1. The van der Waals surface area contributed by atoms with Crippen LogP contribution >= 0.6 is 11.3 Å². The van der Waals surface area contributed by atoms with Crippen molar-refractivity contribution in [2.45, 2.75) is 37.5 Å². The summed E-state index contributed by atoms with van der Waals surface area (Å²) in [5, 5.41) is 5.83. The molecule has 0 radical (unpaired) electrons. The molecule has 1 aromatic heterocycles. The summed E-state index contributed by atoms with van der Waals surface area (Å²) in [5.74, 6) is 0.296. The minimum absolute atomic E-state index is 0.0642. The van der Waals surface area contributed by atoms with E-state index in [9.17, 15) is 9.00 Å². The summed E-state index contributed by atoms with van der Waals surface area (Å²) in [4.78, 5) is 16.4. The lowest BCUT2D eigenvalue weighted by molar-refractivity contribution is -0.119. The lowest BCUT2D eigenvalue weighted by Gasteiger charge is -2.11. The van der Waals surface area contributed by atoms with E-state index in [1.165, 1.54) is 12.8 Å². The number of hydrogen-bond acceptors (Lipinski definition) is 4. The lowest BCUT2D eigenvalue weighted by Crippen LogP contribution is -2.35. The van der Waals surface area contributed by atoms with Gasteiger partial charge in [-0.25, -0.2) is 4.98 Å². The van der Waals surface area contributed by atoms with E-state index in [2.05, 4.69) is 10.3 Å². The van der Waals surface area contributed by atoms with E-state index in [1.807, 2.05) is 35.7 Å². The van der Waals surface area contributed by atoms with Crippen LogP contribution in [0.1, 0.15) is 31.4 Å².